The number of amides is 2. The van der Waals surface area contributed by atoms with E-state index < -0.39 is 0 Å². The maximum atomic E-state index is 12.7. The number of imidazole rings is 1. The van der Waals surface area contributed by atoms with Gasteiger partial charge in [-0.25, -0.2) is 4.98 Å². The second-order valence-corrected chi connectivity index (χ2v) is 7.30. The molecule has 2 heterocycles. The van der Waals surface area contributed by atoms with E-state index in [4.69, 9.17) is 4.74 Å². The van der Waals surface area contributed by atoms with Gasteiger partial charge in [-0.1, -0.05) is 0 Å². The van der Waals surface area contributed by atoms with Gasteiger partial charge in [-0.15, -0.1) is 0 Å². The van der Waals surface area contributed by atoms with Crippen LogP contribution in [-0.2, 0) is 22.4 Å². The van der Waals surface area contributed by atoms with Crippen molar-refractivity contribution in [2.45, 2.75) is 38.6 Å². The summed E-state index contributed by atoms with van der Waals surface area (Å²) in [6.07, 6.45) is 2.63. The fourth-order valence-corrected chi connectivity index (χ4v) is 3.98. The molecule has 2 atom stereocenters. The van der Waals surface area contributed by atoms with Gasteiger partial charge >= 0.3 is 0 Å². The summed E-state index contributed by atoms with van der Waals surface area (Å²) in [7, 11) is 1.61. The van der Waals surface area contributed by atoms with E-state index in [1.165, 1.54) is 0 Å². The van der Waals surface area contributed by atoms with Crippen LogP contribution in [0.3, 0.4) is 0 Å². The van der Waals surface area contributed by atoms with Crippen molar-refractivity contribution < 1.29 is 14.3 Å². The molecule has 0 spiro atoms. The zero-order chi connectivity index (χ0) is 19.0. The fourth-order valence-electron chi connectivity index (χ4n) is 3.98. The molecule has 7 heteroatoms. The molecule has 2 amide bonds. The third kappa shape index (κ3) is 3.54. The van der Waals surface area contributed by atoms with Gasteiger partial charge in [0.15, 0.2) is 0 Å². The third-order valence-corrected chi connectivity index (χ3v) is 5.39. The first kappa shape index (κ1) is 17.6. The quantitative estimate of drug-likeness (QED) is 0.861. The highest BCUT2D eigenvalue weighted by molar-refractivity contribution is 5.97. The molecule has 4 rings (SSSR count). The van der Waals surface area contributed by atoms with Crippen molar-refractivity contribution in [2.24, 2.45) is 5.92 Å². The van der Waals surface area contributed by atoms with Crippen LogP contribution >= 0.6 is 0 Å². The Kier molecular flexibility index (Phi) is 4.59. The van der Waals surface area contributed by atoms with E-state index in [0.717, 1.165) is 41.5 Å². The molecule has 1 aliphatic heterocycles. The lowest BCUT2D eigenvalue weighted by Gasteiger charge is -2.23. The van der Waals surface area contributed by atoms with Crippen molar-refractivity contribution >= 4 is 17.5 Å². The average molecular weight is 368 g/mol. The summed E-state index contributed by atoms with van der Waals surface area (Å²) in [5.41, 5.74) is 2.98. The number of rotatable bonds is 4. The molecule has 1 aliphatic carbocycles. The Morgan fingerprint density at radius 3 is 2.81 bits per heavy atom. The minimum Gasteiger partial charge on any atom is -0.497 e. The number of methoxy groups -OCH3 is 1. The molecule has 2 aromatic rings. The summed E-state index contributed by atoms with van der Waals surface area (Å²) in [5, 5.41) is 3.08. The number of aromatic amines is 1. The summed E-state index contributed by atoms with van der Waals surface area (Å²) in [6.45, 7) is 2.43. The highest BCUT2D eigenvalue weighted by Crippen LogP contribution is 2.26. The van der Waals surface area contributed by atoms with E-state index in [0.29, 0.717) is 19.4 Å². The number of carbonyl (C=O) groups is 2. The molecule has 1 aromatic carbocycles. The number of aromatic nitrogens is 2. The molecule has 1 aromatic heterocycles. The molecule has 1 fully saturated rings. The Morgan fingerprint density at radius 1 is 1.30 bits per heavy atom. The number of ether oxygens (including phenoxy) is 1. The van der Waals surface area contributed by atoms with E-state index in [1.54, 1.807) is 12.0 Å². The first-order valence-corrected chi connectivity index (χ1v) is 9.32. The van der Waals surface area contributed by atoms with Crippen molar-refractivity contribution in [3.05, 3.63) is 41.5 Å². The average Bonchev–Trinajstić information content (AvgIpc) is 3.22. The van der Waals surface area contributed by atoms with Crippen molar-refractivity contribution in [3.63, 3.8) is 0 Å². The van der Waals surface area contributed by atoms with Crippen LogP contribution in [-0.4, -0.2) is 41.5 Å². The summed E-state index contributed by atoms with van der Waals surface area (Å²) >= 11 is 0. The van der Waals surface area contributed by atoms with Crippen LogP contribution in [0.4, 0.5) is 5.69 Å². The van der Waals surface area contributed by atoms with Crippen molar-refractivity contribution in [3.8, 4) is 5.75 Å². The normalized spacial score (nSPS) is 21.9. The van der Waals surface area contributed by atoms with Gasteiger partial charge in [0.25, 0.3) is 0 Å². The molecule has 0 radical (unpaired) electrons. The molecule has 2 unspecified atom stereocenters. The highest BCUT2D eigenvalue weighted by Gasteiger charge is 2.34. The Hall–Kier alpha value is -2.83. The zero-order valence-electron chi connectivity index (χ0n) is 15.6. The predicted octanol–water partition coefficient (Wildman–Crippen LogP) is 1.75. The number of fused-ring (bicyclic) bond motifs is 1. The lowest BCUT2D eigenvalue weighted by molar-refractivity contribution is -0.126. The number of benzene rings is 1. The molecule has 27 heavy (non-hydrogen) atoms. The second-order valence-electron chi connectivity index (χ2n) is 7.30. The van der Waals surface area contributed by atoms with E-state index >= 15 is 0 Å². The molecule has 2 N–H and O–H groups in total. The standard InChI is InChI=1S/C20H24N4O3/c1-12-21-17-8-3-13(9-18(17)22-12)20(26)23-14-10-19(25)24(11-14)15-4-6-16(27-2)7-5-15/h4-7,13-14H,3,8-11H2,1-2H3,(H,21,22)(H,23,26). The van der Waals surface area contributed by atoms with Crippen molar-refractivity contribution in [1.29, 1.82) is 0 Å². The Balaban J connectivity index is 1.37. The second kappa shape index (κ2) is 7.06. The summed E-state index contributed by atoms with van der Waals surface area (Å²) in [6, 6.07) is 7.24. The number of carbonyl (C=O) groups excluding carboxylic acids is 2. The van der Waals surface area contributed by atoms with Gasteiger partial charge < -0.3 is 19.9 Å². The van der Waals surface area contributed by atoms with Crippen LogP contribution in [0.15, 0.2) is 24.3 Å². The number of H-pyrrole nitrogens is 1. The van der Waals surface area contributed by atoms with Crippen LogP contribution in [0.2, 0.25) is 0 Å². The van der Waals surface area contributed by atoms with E-state index in [2.05, 4.69) is 15.3 Å². The molecule has 7 nitrogen and oxygen atoms in total. The largest absolute Gasteiger partial charge is 0.497 e. The van der Waals surface area contributed by atoms with Gasteiger partial charge in [-0.05, 0) is 44.0 Å². The van der Waals surface area contributed by atoms with Crippen LogP contribution in [0.1, 0.15) is 30.1 Å². The van der Waals surface area contributed by atoms with E-state index in [9.17, 15) is 9.59 Å². The highest BCUT2D eigenvalue weighted by atomic mass is 16.5. The maximum Gasteiger partial charge on any atom is 0.229 e. The van der Waals surface area contributed by atoms with Crippen molar-refractivity contribution in [1.82, 2.24) is 15.3 Å². The lowest BCUT2D eigenvalue weighted by Crippen LogP contribution is -2.42. The third-order valence-electron chi connectivity index (χ3n) is 5.39. The minimum absolute atomic E-state index is 0.0283. The van der Waals surface area contributed by atoms with Crippen molar-refractivity contribution in [2.75, 3.05) is 18.6 Å². The first-order valence-electron chi connectivity index (χ1n) is 9.32. The topological polar surface area (TPSA) is 87.3 Å². The SMILES string of the molecule is COc1ccc(N2CC(NC(=O)C3CCc4nc(C)[nH]c4C3)CC2=O)cc1. The minimum atomic E-state index is -0.156. The number of hydrogen-bond acceptors (Lipinski definition) is 4. The van der Waals surface area contributed by atoms with Crippen LogP contribution in [0.5, 0.6) is 5.75 Å². The van der Waals surface area contributed by atoms with Gasteiger partial charge in [0.2, 0.25) is 11.8 Å². The number of hydrogen-bond donors (Lipinski definition) is 2. The molecule has 142 valence electrons. The first-order chi connectivity index (χ1) is 13.0. The summed E-state index contributed by atoms with van der Waals surface area (Å²) in [5.74, 6) is 1.64. The fraction of sp³-hybridized carbons (Fsp3) is 0.450. The number of aryl methyl sites for hydroxylation is 2. The van der Waals surface area contributed by atoms with Crippen LogP contribution < -0.4 is 15.0 Å². The monoisotopic (exact) mass is 368 g/mol. The molecular weight excluding hydrogens is 344 g/mol. The molecule has 1 saturated heterocycles. The predicted molar refractivity (Wildman–Crippen MR) is 101 cm³/mol. The molecule has 2 aliphatic rings. The smallest absolute Gasteiger partial charge is 0.229 e. The Bertz CT molecular complexity index is 859. The van der Waals surface area contributed by atoms with Crippen LogP contribution in [0.25, 0.3) is 0 Å². The number of anilines is 1. The van der Waals surface area contributed by atoms with Gasteiger partial charge in [0.05, 0.1) is 18.8 Å². The molecular formula is C20H24N4O3. The molecule has 0 bridgehead atoms. The zero-order valence-corrected chi connectivity index (χ0v) is 15.6. The van der Waals surface area contributed by atoms with Crippen LogP contribution in [0, 0.1) is 12.8 Å². The van der Waals surface area contributed by atoms with Gasteiger partial charge in [-0.2, -0.15) is 0 Å². The van der Waals surface area contributed by atoms with Gasteiger partial charge in [-0.3, -0.25) is 9.59 Å². The van der Waals surface area contributed by atoms with E-state index in [1.807, 2.05) is 31.2 Å². The maximum absolute atomic E-state index is 12.7. The Labute approximate surface area is 158 Å². The van der Waals surface area contributed by atoms with Gasteiger partial charge in [0, 0.05) is 36.7 Å². The summed E-state index contributed by atoms with van der Waals surface area (Å²) < 4.78 is 5.16. The molecule has 0 saturated carbocycles. The summed E-state index contributed by atoms with van der Waals surface area (Å²) in [4.78, 5) is 34.6. The number of nitrogens with one attached hydrogen (secondary N) is 2. The van der Waals surface area contributed by atoms with E-state index in [-0.39, 0.29) is 23.8 Å². The lowest BCUT2D eigenvalue weighted by atomic mass is 9.89. The number of nitrogens with zero attached hydrogens (tertiary/aromatic N) is 2. The van der Waals surface area contributed by atoms with Gasteiger partial charge in [0.1, 0.15) is 11.6 Å². The Morgan fingerprint density at radius 2 is 2.07 bits per heavy atom.